The fourth-order valence-corrected chi connectivity index (χ4v) is 3.92. The molecule has 20 heavy (non-hydrogen) atoms. The number of carboxylic acids is 1. The van der Waals surface area contributed by atoms with Crippen molar-refractivity contribution in [3.8, 4) is 0 Å². The molecule has 2 aromatic heterocycles. The van der Waals surface area contributed by atoms with Gasteiger partial charge in [0.1, 0.15) is 10.7 Å². The average Bonchev–Trinajstić information content (AvgIpc) is 2.79. The summed E-state index contributed by atoms with van der Waals surface area (Å²) in [5.41, 5.74) is 0.808. The number of nitrogen functional groups attached to an aromatic ring is 1. The maximum atomic E-state index is 12.4. The van der Waals surface area contributed by atoms with Gasteiger partial charge in [0.2, 0.25) is 0 Å². The van der Waals surface area contributed by atoms with E-state index in [0.29, 0.717) is 16.0 Å². The molecule has 1 aliphatic carbocycles. The fraction of sp³-hybridized carbons (Fsp3) is 0.462. The van der Waals surface area contributed by atoms with Crippen LogP contribution in [0.1, 0.15) is 35.5 Å². The highest BCUT2D eigenvalue weighted by Crippen LogP contribution is 2.33. The van der Waals surface area contributed by atoms with Crippen molar-refractivity contribution in [3.05, 3.63) is 26.6 Å². The maximum absolute atomic E-state index is 12.4. The van der Waals surface area contributed by atoms with E-state index in [4.69, 9.17) is 5.84 Å². The molecule has 0 saturated heterocycles. The van der Waals surface area contributed by atoms with E-state index in [1.807, 2.05) is 0 Å². The summed E-state index contributed by atoms with van der Waals surface area (Å²) in [5.74, 6) is 4.88. The van der Waals surface area contributed by atoms with Crippen LogP contribution in [0.3, 0.4) is 0 Å². The summed E-state index contributed by atoms with van der Waals surface area (Å²) in [6.45, 7) is 0. The van der Waals surface area contributed by atoms with E-state index in [1.165, 1.54) is 16.2 Å². The minimum atomic E-state index is -1.18. The molecule has 0 amide bonds. The zero-order chi connectivity index (χ0) is 14.3. The summed E-state index contributed by atoms with van der Waals surface area (Å²) in [6, 6.07) is 0. The van der Waals surface area contributed by atoms with Crippen molar-refractivity contribution in [2.45, 2.75) is 38.5 Å². The van der Waals surface area contributed by atoms with E-state index in [-0.39, 0.29) is 18.4 Å². The zero-order valence-electron chi connectivity index (χ0n) is 10.8. The number of hydrogen-bond acceptors (Lipinski definition) is 6. The zero-order valence-corrected chi connectivity index (χ0v) is 11.7. The molecule has 0 saturated carbocycles. The first-order chi connectivity index (χ1) is 9.58. The van der Waals surface area contributed by atoms with E-state index >= 15 is 0 Å². The first-order valence-corrected chi connectivity index (χ1v) is 7.40. The highest BCUT2D eigenvalue weighted by atomic mass is 32.1. The lowest BCUT2D eigenvalue weighted by Gasteiger charge is -2.11. The first kappa shape index (κ1) is 13.1. The van der Waals surface area contributed by atoms with Crippen LogP contribution < -0.4 is 16.5 Å². The number of aryl methyl sites for hydroxylation is 3. The fourth-order valence-electron chi connectivity index (χ4n) is 2.65. The van der Waals surface area contributed by atoms with Crippen molar-refractivity contribution in [2.75, 3.05) is 5.84 Å². The Morgan fingerprint density at radius 1 is 1.40 bits per heavy atom. The number of aliphatic carboxylic acids is 1. The van der Waals surface area contributed by atoms with Gasteiger partial charge in [-0.1, -0.05) is 0 Å². The van der Waals surface area contributed by atoms with Crippen molar-refractivity contribution in [1.29, 1.82) is 0 Å². The molecule has 0 unspecified atom stereocenters. The highest BCUT2D eigenvalue weighted by molar-refractivity contribution is 7.18. The van der Waals surface area contributed by atoms with Crippen molar-refractivity contribution < 1.29 is 9.90 Å². The number of nitrogens with zero attached hydrogens (tertiary/aromatic N) is 2. The molecule has 0 fully saturated rings. The predicted octanol–water partition coefficient (Wildman–Crippen LogP) is -0.267. The summed E-state index contributed by atoms with van der Waals surface area (Å²) in [4.78, 5) is 29.2. The second kappa shape index (κ2) is 4.90. The standard InChI is InChI=1S/C13H15N3O3S/c14-16-9(5-6-10(17)18)15-12-11(13(16)19)7-3-1-2-4-8(7)20-12/h1-6,14H2,(H,17,18)/p-1. The Morgan fingerprint density at radius 3 is 2.90 bits per heavy atom. The molecule has 2 heterocycles. The van der Waals surface area contributed by atoms with Crippen LogP contribution >= 0.6 is 11.3 Å². The molecule has 0 aromatic carbocycles. The summed E-state index contributed by atoms with van der Waals surface area (Å²) in [7, 11) is 0. The topological polar surface area (TPSA) is 101 Å². The van der Waals surface area contributed by atoms with E-state index in [1.54, 1.807) is 0 Å². The summed E-state index contributed by atoms with van der Waals surface area (Å²) in [5, 5.41) is 11.1. The lowest BCUT2D eigenvalue weighted by atomic mass is 9.97. The summed E-state index contributed by atoms with van der Waals surface area (Å²) >= 11 is 1.53. The molecule has 0 aliphatic heterocycles. The lowest BCUT2D eigenvalue weighted by Crippen LogP contribution is -2.33. The molecule has 0 radical (unpaired) electrons. The SMILES string of the molecule is Nn1c(CCC(=O)[O-])nc2sc3c(c2c1=O)CCCC3. The predicted molar refractivity (Wildman–Crippen MR) is 74.0 cm³/mol. The van der Waals surface area contributed by atoms with Crippen LogP contribution in [0.15, 0.2) is 4.79 Å². The van der Waals surface area contributed by atoms with Crippen LogP contribution in [0, 0.1) is 0 Å². The molecular weight excluding hydrogens is 278 g/mol. The van der Waals surface area contributed by atoms with Crippen LogP contribution in [-0.4, -0.2) is 15.6 Å². The monoisotopic (exact) mass is 292 g/mol. The van der Waals surface area contributed by atoms with E-state index in [2.05, 4.69) is 4.98 Å². The van der Waals surface area contributed by atoms with Crippen LogP contribution in [-0.2, 0) is 24.1 Å². The smallest absolute Gasteiger partial charge is 0.280 e. The molecular formula is C13H14N3O3S-. The van der Waals surface area contributed by atoms with Crippen LogP contribution in [0.5, 0.6) is 0 Å². The molecule has 106 valence electrons. The van der Waals surface area contributed by atoms with Crippen molar-refractivity contribution in [2.24, 2.45) is 0 Å². The number of thiophene rings is 1. The average molecular weight is 292 g/mol. The summed E-state index contributed by atoms with van der Waals surface area (Å²) in [6.07, 6.45) is 4.00. The van der Waals surface area contributed by atoms with E-state index in [0.717, 1.165) is 35.9 Å². The third kappa shape index (κ3) is 2.07. The minimum Gasteiger partial charge on any atom is -0.550 e. The summed E-state index contributed by atoms with van der Waals surface area (Å²) < 4.78 is 0.979. The molecule has 3 rings (SSSR count). The Kier molecular flexibility index (Phi) is 3.21. The van der Waals surface area contributed by atoms with E-state index in [9.17, 15) is 14.7 Å². The van der Waals surface area contributed by atoms with Gasteiger partial charge in [-0.25, -0.2) is 9.66 Å². The van der Waals surface area contributed by atoms with Gasteiger partial charge < -0.3 is 15.7 Å². The Morgan fingerprint density at radius 2 is 2.15 bits per heavy atom. The van der Waals surface area contributed by atoms with Crippen LogP contribution in [0.2, 0.25) is 0 Å². The van der Waals surface area contributed by atoms with E-state index < -0.39 is 5.97 Å². The number of hydrogen-bond donors (Lipinski definition) is 1. The Balaban J connectivity index is 2.14. The normalized spacial score (nSPS) is 14.4. The molecule has 2 N–H and O–H groups in total. The quantitative estimate of drug-likeness (QED) is 0.785. The Bertz CT molecular complexity index is 747. The Hall–Kier alpha value is -1.89. The van der Waals surface area contributed by atoms with Gasteiger partial charge in [-0.3, -0.25) is 4.79 Å². The molecule has 1 aliphatic rings. The number of carbonyl (C=O) groups excluding carboxylic acids is 1. The molecule has 0 spiro atoms. The van der Waals surface area contributed by atoms with Crippen molar-refractivity contribution in [1.82, 2.24) is 9.66 Å². The third-order valence-corrected chi connectivity index (χ3v) is 4.83. The second-order valence-electron chi connectivity index (χ2n) is 4.97. The van der Waals surface area contributed by atoms with Crippen molar-refractivity contribution in [3.63, 3.8) is 0 Å². The molecule has 2 aromatic rings. The van der Waals surface area contributed by atoms with Gasteiger partial charge in [0.05, 0.1) is 5.39 Å². The van der Waals surface area contributed by atoms with Crippen molar-refractivity contribution >= 4 is 27.5 Å². The molecule has 7 heteroatoms. The molecule has 0 bridgehead atoms. The maximum Gasteiger partial charge on any atom is 0.280 e. The highest BCUT2D eigenvalue weighted by Gasteiger charge is 2.21. The van der Waals surface area contributed by atoms with Crippen LogP contribution in [0.25, 0.3) is 10.2 Å². The third-order valence-electron chi connectivity index (χ3n) is 3.65. The number of nitrogens with two attached hydrogens (primary N) is 1. The van der Waals surface area contributed by atoms with Gasteiger partial charge >= 0.3 is 0 Å². The van der Waals surface area contributed by atoms with Gasteiger partial charge in [0.15, 0.2) is 0 Å². The number of carboxylic acid groups (broad SMARTS) is 1. The minimum absolute atomic E-state index is 0.104. The number of carbonyl (C=O) groups is 1. The van der Waals surface area contributed by atoms with Gasteiger partial charge in [0, 0.05) is 17.3 Å². The Labute approximate surface area is 118 Å². The number of aromatic nitrogens is 2. The van der Waals surface area contributed by atoms with Crippen LogP contribution in [0.4, 0.5) is 0 Å². The number of fused-ring (bicyclic) bond motifs is 3. The second-order valence-corrected chi connectivity index (χ2v) is 6.05. The largest absolute Gasteiger partial charge is 0.550 e. The van der Waals surface area contributed by atoms with Gasteiger partial charge in [-0.15, -0.1) is 11.3 Å². The first-order valence-electron chi connectivity index (χ1n) is 6.59. The molecule has 0 atom stereocenters. The lowest BCUT2D eigenvalue weighted by molar-refractivity contribution is -0.305. The van der Waals surface area contributed by atoms with Gasteiger partial charge in [-0.2, -0.15) is 0 Å². The van der Waals surface area contributed by atoms with Gasteiger partial charge in [0.25, 0.3) is 5.56 Å². The van der Waals surface area contributed by atoms with Gasteiger partial charge in [-0.05, 0) is 37.7 Å². The molecule has 6 nitrogen and oxygen atoms in total. The number of rotatable bonds is 3.